The van der Waals surface area contributed by atoms with Crippen LogP contribution in [0.25, 0.3) is 0 Å². The molecule has 0 saturated carbocycles. The Hall–Kier alpha value is -1.10. The molecule has 0 rings (SSSR count). The summed E-state index contributed by atoms with van der Waals surface area (Å²) in [7, 11) is 4.09. The highest BCUT2D eigenvalue weighted by atomic mass is 15.1. The van der Waals surface area contributed by atoms with Gasteiger partial charge < -0.3 is 10.2 Å². The van der Waals surface area contributed by atoms with Crippen molar-refractivity contribution in [2.24, 2.45) is 0 Å². The highest BCUT2D eigenvalue weighted by molar-refractivity contribution is 4.83. The second-order valence-corrected chi connectivity index (χ2v) is 3.87. The molecule has 0 aromatic rings. The van der Waals surface area contributed by atoms with Gasteiger partial charge >= 0.3 is 0 Å². The third-order valence-electron chi connectivity index (χ3n) is 2.16. The average molecular weight is 208 g/mol. The van der Waals surface area contributed by atoms with Gasteiger partial charge in [-0.1, -0.05) is 0 Å². The molecule has 1 N–H and O–H groups in total. The van der Waals surface area contributed by atoms with Gasteiger partial charge in [-0.05, 0) is 40.0 Å². The molecular formula is C11H20N4. The van der Waals surface area contributed by atoms with Gasteiger partial charge in [0.1, 0.15) is 0 Å². The predicted molar refractivity (Wildman–Crippen MR) is 60.0 cm³/mol. The minimum atomic E-state index is 0.178. The molecule has 0 aliphatic rings. The Kier molecular flexibility index (Phi) is 8.76. The molecule has 0 amide bonds. The quantitative estimate of drug-likeness (QED) is 0.607. The zero-order valence-electron chi connectivity index (χ0n) is 9.66. The lowest BCUT2D eigenvalue weighted by Crippen LogP contribution is -2.31. The fourth-order valence-electron chi connectivity index (χ4n) is 1.33. The third-order valence-corrected chi connectivity index (χ3v) is 2.16. The molecule has 0 heterocycles. The number of hydrogen-bond acceptors (Lipinski definition) is 4. The van der Waals surface area contributed by atoms with Crippen LogP contribution < -0.4 is 5.32 Å². The van der Waals surface area contributed by atoms with Crippen LogP contribution in [0.2, 0.25) is 0 Å². The van der Waals surface area contributed by atoms with Crippen molar-refractivity contribution in [1.82, 2.24) is 10.2 Å². The van der Waals surface area contributed by atoms with E-state index in [1.807, 2.05) is 14.1 Å². The van der Waals surface area contributed by atoms with E-state index >= 15 is 0 Å². The molecule has 0 bridgehead atoms. The predicted octanol–water partition coefficient (Wildman–Crippen LogP) is 1.11. The van der Waals surface area contributed by atoms with Gasteiger partial charge in [-0.25, -0.2) is 0 Å². The summed E-state index contributed by atoms with van der Waals surface area (Å²) in [6.45, 7) is 1.96. The average Bonchev–Trinajstić information content (AvgIpc) is 2.20. The van der Waals surface area contributed by atoms with E-state index in [0.29, 0.717) is 12.8 Å². The van der Waals surface area contributed by atoms with E-state index in [1.165, 1.54) is 0 Å². The summed E-state index contributed by atoms with van der Waals surface area (Å²) in [6, 6.07) is 4.43. The largest absolute Gasteiger partial charge is 0.313 e. The number of hydrogen-bond donors (Lipinski definition) is 1. The van der Waals surface area contributed by atoms with Crippen LogP contribution in [0.1, 0.15) is 25.7 Å². The van der Waals surface area contributed by atoms with Gasteiger partial charge in [-0.2, -0.15) is 10.5 Å². The standard InChI is InChI=1S/C11H20N4/c1-15(2)10-4-9-14-11(6-8-13)5-3-7-12/h11,14H,3-6,9-10H2,1-2H3/t11-/m1/s1. The normalized spacial score (nSPS) is 12.1. The molecule has 0 aliphatic heterocycles. The summed E-state index contributed by atoms with van der Waals surface area (Å²) in [5.74, 6) is 0. The summed E-state index contributed by atoms with van der Waals surface area (Å²) in [4.78, 5) is 2.14. The van der Waals surface area contributed by atoms with Crippen molar-refractivity contribution in [3.8, 4) is 12.1 Å². The van der Waals surface area contributed by atoms with Crippen molar-refractivity contribution in [2.45, 2.75) is 31.7 Å². The van der Waals surface area contributed by atoms with Crippen LogP contribution in [-0.2, 0) is 0 Å². The zero-order valence-corrected chi connectivity index (χ0v) is 9.66. The lowest BCUT2D eigenvalue weighted by molar-refractivity contribution is 0.383. The Bertz CT molecular complexity index is 224. The molecule has 0 aliphatic carbocycles. The van der Waals surface area contributed by atoms with Crippen LogP contribution in [-0.4, -0.2) is 38.1 Å². The van der Waals surface area contributed by atoms with E-state index in [2.05, 4.69) is 22.4 Å². The summed E-state index contributed by atoms with van der Waals surface area (Å²) < 4.78 is 0. The molecule has 4 nitrogen and oxygen atoms in total. The second kappa shape index (κ2) is 9.45. The number of rotatable bonds is 8. The first-order valence-electron chi connectivity index (χ1n) is 5.32. The van der Waals surface area contributed by atoms with Crippen molar-refractivity contribution in [3.63, 3.8) is 0 Å². The maximum atomic E-state index is 8.60. The lowest BCUT2D eigenvalue weighted by Gasteiger charge is -2.15. The van der Waals surface area contributed by atoms with E-state index in [1.54, 1.807) is 0 Å². The summed E-state index contributed by atoms with van der Waals surface area (Å²) in [5.41, 5.74) is 0. The fraction of sp³-hybridized carbons (Fsp3) is 0.818. The molecule has 0 radical (unpaired) electrons. The van der Waals surface area contributed by atoms with Crippen molar-refractivity contribution < 1.29 is 0 Å². The van der Waals surface area contributed by atoms with E-state index in [-0.39, 0.29) is 6.04 Å². The molecule has 15 heavy (non-hydrogen) atoms. The van der Waals surface area contributed by atoms with Crippen molar-refractivity contribution in [1.29, 1.82) is 10.5 Å². The van der Waals surface area contributed by atoms with Crippen LogP contribution in [0.5, 0.6) is 0 Å². The molecule has 0 aromatic carbocycles. The molecule has 1 atom stereocenters. The van der Waals surface area contributed by atoms with Gasteiger partial charge in [-0.3, -0.25) is 0 Å². The minimum Gasteiger partial charge on any atom is -0.313 e. The molecule has 0 fully saturated rings. The van der Waals surface area contributed by atoms with E-state index in [0.717, 1.165) is 25.9 Å². The smallest absolute Gasteiger partial charge is 0.0638 e. The Balaban J connectivity index is 3.58. The Morgan fingerprint density at radius 3 is 2.53 bits per heavy atom. The van der Waals surface area contributed by atoms with Gasteiger partial charge in [0.15, 0.2) is 0 Å². The summed E-state index contributed by atoms with van der Waals surface area (Å²) in [6.07, 6.45) is 2.85. The Morgan fingerprint density at radius 2 is 2.00 bits per heavy atom. The van der Waals surface area contributed by atoms with Crippen LogP contribution in [0.3, 0.4) is 0 Å². The topological polar surface area (TPSA) is 62.9 Å². The molecular weight excluding hydrogens is 188 g/mol. The van der Waals surface area contributed by atoms with E-state index in [9.17, 15) is 0 Å². The van der Waals surface area contributed by atoms with Gasteiger partial charge in [0.05, 0.1) is 18.6 Å². The van der Waals surface area contributed by atoms with Crippen molar-refractivity contribution in [3.05, 3.63) is 0 Å². The summed E-state index contributed by atoms with van der Waals surface area (Å²) in [5, 5.41) is 20.4. The van der Waals surface area contributed by atoms with Crippen LogP contribution >= 0.6 is 0 Å². The maximum Gasteiger partial charge on any atom is 0.0638 e. The van der Waals surface area contributed by atoms with Crippen molar-refractivity contribution in [2.75, 3.05) is 27.2 Å². The van der Waals surface area contributed by atoms with E-state index < -0.39 is 0 Å². The highest BCUT2D eigenvalue weighted by Gasteiger charge is 2.06. The number of nitrogens with zero attached hydrogens (tertiary/aromatic N) is 3. The second-order valence-electron chi connectivity index (χ2n) is 3.87. The first-order chi connectivity index (χ1) is 7.20. The maximum absolute atomic E-state index is 8.60. The van der Waals surface area contributed by atoms with Crippen LogP contribution in [0.15, 0.2) is 0 Å². The van der Waals surface area contributed by atoms with Crippen LogP contribution in [0, 0.1) is 22.7 Å². The molecule has 84 valence electrons. The SMILES string of the molecule is CN(C)CCCN[C@@H](CC#N)CCC#N. The van der Waals surface area contributed by atoms with Gasteiger partial charge in [-0.15, -0.1) is 0 Å². The molecule has 0 spiro atoms. The minimum absolute atomic E-state index is 0.178. The first kappa shape index (κ1) is 13.9. The van der Waals surface area contributed by atoms with Crippen molar-refractivity contribution >= 4 is 0 Å². The molecule has 4 heteroatoms. The number of nitriles is 2. The van der Waals surface area contributed by atoms with Gasteiger partial charge in [0.25, 0.3) is 0 Å². The monoisotopic (exact) mass is 208 g/mol. The first-order valence-corrected chi connectivity index (χ1v) is 5.32. The lowest BCUT2D eigenvalue weighted by atomic mass is 10.1. The molecule has 0 aromatic heterocycles. The van der Waals surface area contributed by atoms with Crippen LogP contribution in [0.4, 0.5) is 0 Å². The zero-order chi connectivity index (χ0) is 11.5. The molecule has 0 unspecified atom stereocenters. The third kappa shape index (κ3) is 9.21. The highest BCUT2D eigenvalue weighted by Crippen LogP contribution is 2.00. The fourth-order valence-corrected chi connectivity index (χ4v) is 1.33. The van der Waals surface area contributed by atoms with E-state index in [4.69, 9.17) is 10.5 Å². The number of nitrogens with one attached hydrogen (secondary N) is 1. The summed E-state index contributed by atoms with van der Waals surface area (Å²) >= 11 is 0. The van der Waals surface area contributed by atoms with Gasteiger partial charge in [0.2, 0.25) is 0 Å². The Labute approximate surface area is 92.5 Å². The Morgan fingerprint density at radius 1 is 1.27 bits per heavy atom. The molecule has 0 saturated heterocycles. The van der Waals surface area contributed by atoms with Gasteiger partial charge in [0, 0.05) is 12.5 Å².